The summed E-state index contributed by atoms with van der Waals surface area (Å²) in [5.74, 6) is 1.75. The lowest BCUT2D eigenvalue weighted by atomic mass is 9.52. The first kappa shape index (κ1) is 31.6. The summed E-state index contributed by atoms with van der Waals surface area (Å²) in [6.45, 7) is 10.3. The lowest BCUT2D eigenvalue weighted by Gasteiger charge is -2.61. The maximum Gasteiger partial charge on any atom is 0.341 e. The number of urea groups is 2. The highest BCUT2D eigenvalue weighted by Gasteiger charge is 2.57. The fraction of sp³-hybridized carbons (Fsp3) is 0.588. The molecule has 2 aromatic carbocycles. The minimum absolute atomic E-state index is 0.0622. The van der Waals surface area contributed by atoms with Gasteiger partial charge in [0, 0.05) is 23.4 Å². The molecule has 0 unspecified atom stereocenters. The highest BCUT2D eigenvalue weighted by Crippen LogP contribution is 2.58. The molecule has 0 aromatic heterocycles. The van der Waals surface area contributed by atoms with Crippen LogP contribution in [0.5, 0.6) is 23.0 Å². The molecular formula is C34H48N4O6. The zero-order chi connectivity index (χ0) is 32.0. The molecule has 10 nitrogen and oxygen atoms in total. The molecule has 4 aliphatic carbocycles. The Morgan fingerprint density at radius 2 is 1.36 bits per heavy atom. The summed E-state index contributed by atoms with van der Waals surface area (Å²) in [4.78, 5) is 29.2. The van der Waals surface area contributed by atoms with E-state index < -0.39 is 23.1 Å². The third kappa shape index (κ3) is 6.49. The van der Waals surface area contributed by atoms with Gasteiger partial charge in [0.2, 0.25) is 0 Å². The Kier molecular flexibility index (Phi) is 8.33. The maximum atomic E-state index is 14.6. The number of amides is 4. The summed E-state index contributed by atoms with van der Waals surface area (Å²) < 4.78 is 10.5. The zero-order valence-electron chi connectivity index (χ0n) is 27.1. The summed E-state index contributed by atoms with van der Waals surface area (Å²) in [6, 6.07) is 8.48. The number of aromatic hydroxyl groups is 2. The molecule has 240 valence electrons. The van der Waals surface area contributed by atoms with E-state index in [1.54, 1.807) is 29.3 Å². The van der Waals surface area contributed by atoms with Gasteiger partial charge in [-0.15, -0.1) is 0 Å². The van der Waals surface area contributed by atoms with Crippen LogP contribution in [0.2, 0.25) is 0 Å². The number of anilines is 2. The van der Waals surface area contributed by atoms with Gasteiger partial charge in [-0.05, 0) is 106 Å². The number of methoxy groups -OCH3 is 2. The Bertz CT molecular complexity index is 1370. The first-order valence-corrected chi connectivity index (χ1v) is 15.6. The van der Waals surface area contributed by atoms with Gasteiger partial charge in [0.05, 0.1) is 25.4 Å². The summed E-state index contributed by atoms with van der Waals surface area (Å²) in [5.41, 5.74) is -0.556. The summed E-state index contributed by atoms with van der Waals surface area (Å²) in [7, 11) is 2.93. The van der Waals surface area contributed by atoms with E-state index in [9.17, 15) is 19.8 Å². The van der Waals surface area contributed by atoms with E-state index in [4.69, 9.17) is 9.47 Å². The Balaban J connectivity index is 1.61. The van der Waals surface area contributed by atoms with E-state index in [0.29, 0.717) is 35.5 Å². The monoisotopic (exact) mass is 608 g/mol. The number of hydrogen-bond donors (Lipinski definition) is 4. The van der Waals surface area contributed by atoms with Crippen LogP contribution in [0.3, 0.4) is 0 Å². The molecule has 4 aliphatic rings. The molecule has 0 heterocycles. The predicted octanol–water partition coefficient (Wildman–Crippen LogP) is 7.26. The summed E-state index contributed by atoms with van der Waals surface area (Å²) in [6.07, 6.45) is 6.51. The molecule has 0 aliphatic heterocycles. The molecule has 0 radical (unpaired) electrons. The quantitative estimate of drug-likeness (QED) is 0.245. The zero-order valence-corrected chi connectivity index (χ0v) is 27.1. The Hall–Kier alpha value is -3.82. The van der Waals surface area contributed by atoms with E-state index in [0.717, 1.165) is 38.5 Å². The van der Waals surface area contributed by atoms with Gasteiger partial charge < -0.3 is 30.3 Å². The maximum absolute atomic E-state index is 14.6. The third-order valence-electron chi connectivity index (χ3n) is 9.29. The SMILES string of the molecule is COc1ccc(NC(=O)N(N(C(=O)NC(C)(C)CC(C)(C)C)c2ccc(OC)c(O)c2)C23CC4CC(CC(C4)C2)C3)cc1O. The molecular weight excluding hydrogens is 560 g/mol. The van der Waals surface area contributed by atoms with Crippen LogP contribution in [-0.2, 0) is 0 Å². The van der Waals surface area contributed by atoms with Crippen LogP contribution in [0.25, 0.3) is 0 Å². The van der Waals surface area contributed by atoms with Crippen LogP contribution in [0.15, 0.2) is 36.4 Å². The second kappa shape index (κ2) is 11.6. The standard InChI is InChI=1S/C34H48N4O6/c1-32(2,3)20-33(4,5)36-31(42)37(25-9-11-29(44-7)27(40)16-25)38(30(41)35-24-8-10-28(43-6)26(39)15-24)34-17-21-12-22(18-34)14-23(13-21)19-34/h8-11,15-16,21-23,39-40H,12-14,17-20H2,1-7H3,(H,35,41)(H,36,42). The van der Waals surface area contributed by atoms with Gasteiger partial charge in [-0.3, -0.25) is 0 Å². The summed E-state index contributed by atoms with van der Waals surface area (Å²) in [5, 5.41) is 30.5. The average Bonchev–Trinajstić information content (AvgIpc) is 2.89. The molecule has 10 heteroatoms. The fourth-order valence-corrected chi connectivity index (χ4v) is 8.63. The fourth-order valence-electron chi connectivity index (χ4n) is 8.63. The number of ether oxygens (including phenoxy) is 2. The van der Waals surface area contributed by atoms with E-state index in [2.05, 4.69) is 31.4 Å². The molecule has 44 heavy (non-hydrogen) atoms. The molecule has 6 rings (SSSR count). The molecule has 4 saturated carbocycles. The third-order valence-corrected chi connectivity index (χ3v) is 9.29. The summed E-state index contributed by atoms with van der Waals surface area (Å²) >= 11 is 0. The van der Waals surface area contributed by atoms with Gasteiger partial charge in [0.25, 0.3) is 0 Å². The van der Waals surface area contributed by atoms with Gasteiger partial charge in [0.15, 0.2) is 23.0 Å². The minimum atomic E-state index is -0.604. The highest BCUT2D eigenvalue weighted by molar-refractivity contribution is 5.99. The van der Waals surface area contributed by atoms with Crippen molar-refractivity contribution in [3.05, 3.63) is 36.4 Å². The van der Waals surface area contributed by atoms with Gasteiger partial charge >= 0.3 is 12.1 Å². The van der Waals surface area contributed by atoms with Crippen molar-refractivity contribution < 1.29 is 29.3 Å². The topological polar surface area (TPSA) is 124 Å². The Morgan fingerprint density at radius 1 is 0.841 bits per heavy atom. The van der Waals surface area contributed by atoms with Gasteiger partial charge in [-0.25, -0.2) is 14.6 Å². The van der Waals surface area contributed by atoms with Crippen molar-refractivity contribution in [2.24, 2.45) is 23.2 Å². The van der Waals surface area contributed by atoms with E-state index >= 15 is 0 Å². The Morgan fingerprint density at radius 3 is 1.84 bits per heavy atom. The van der Waals surface area contributed by atoms with Crippen LogP contribution in [0, 0.1) is 23.2 Å². The van der Waals surface area contributed by atoms with Crippen LogP contribution in [-0.4, -0.2) is 52.6 Å². The normalized spacial score (nSPS) is 24.0. The molecule has 0 spiro atoms. The van der Waals surface area contributed by atoms with Crippen molar-refractivity contribution in [1.29, 1.82) is 0 Å². The van der Waals surface area contributed by atoms with Crippen LogP contribution >= 0.6 is 0 Å². The number of carbonyl (C=O) groups is 2. The van der Waals surface area contributed by atoms with Crippen molar-refractivity contribution in [2.75, 3.05) is 24.5 Å². The second-order valence-corrected chi connectivity index (χ2v) is 15.0. The Labute approximate surface area is 260 Å². The van der Waals surface area contributed by atoms with Gasteiger partial charge in [-0.1, -0.05) is 20.8 Å². The molecule has 2 aromatic rings. The number of carbonyl (C=O) groups excluding carboxylic acids is 2. The predicted molar refractivity (Wildman–Crippen MR) is 170 cm³/mol. The smallest absolute Gasteiger partial charge is 0.341 e. The highest BCUT2D eigenvalue weighted by atomic mass is 16.5. The number of phenols is 2. The number of nitrogens with one attached hydrogen (secondary N) is 2. The molecule has 4 N–H and O–H groups in total. The molecule has 4 amide bonds. The van der Waals surface area contributed by atoms with Crippen molar-refractivity contribution in [2.45, 2.75) is 90.6 Å². The number of rotatable bonds is 7. The molecule has 0 saturated heterocycles. The molecule has 0 atom stereocenters. The van der Waals surface area contributed by atoms with E-state index in [1.807, 2.05) is 13.8 Å². The van der Waals surface area contributed by atoms with Gasteiger partial charge in [-0.2, -0.15) is 5.01 Å². The van der Waals surface area contributed by atoms with Gasteiger partial charge in [0.1, 0.15) is 0 Å². The number of hydrazine groups is 1. The van der Waals surface area contributed by atoms with Crippen LogP contribution in [0.4, 0.5) is 21.0 Å². The second-order valence-electron chi connectivity index (χ2n) is 15.0. The molecule has 4 bridgehead atoms. The number of hydrogen-bond acceptors (Lipinski definition) is 6. The van der Waals surface area contributed by atoms with E-state index in [-0.39, 0.29) is 28.4 Å². The van der Waals surface area contributed by atoms with Crippen LogP contribution in [0.1, 0.15) is 79.6 Å². The van der Waals surface area contributed by atoms with Crippen molar-refractivity contribution >= 4 is 23.4 Å². The lowest BCUT2D eigenvalue weighted by Crippen LogP contribution is -2.70. The van der Waals surface area contributed by atoms with Crippen molar-refractivity contribution in [1.82, 2.24) is 10.3 Å². The first-order valence-electron chi connectivity index (χ1n) is 15.6. The largest absolute Gasteiger partial charge is 0.504 e. The first-order chi connectivity index (χ1) is 20.6. The van der Waals surface area contributed by atoms with E-state index in [1.165, 1.54) is 31.4 Å². The van der Waals surface area contributed by atoms with Crippen LogP contribution < -0.4 is 25.1 Å². The minimum Gasteiger partial charge on any atom is -0.504 e. The van der Waals surface area contributed by atoms with Crippen molar-refractivity contribution in [3.8, 4) is 23.0 Å². The molecule has 4 fully saturated rings. The number of benzene rings is 2. The lowest BCUT2D eigenvalue weighted by molar-refractivity contribution is -0.0693. The van der Waals surface area contributed by atoms with Crippen molar-refractivity contribution in [3.63, 3.8) is 0 Å². The average molecular weight is 609 g/mol. The number of phenolic OH excluding ortho intramolecular Hbond substituents is 2. The number of nitrogens with zero attached hydrogens (tertiary/aromatic N) is 2.